The molecule has 0 aliphatic rings. The Kier molecular flexibility index (Phi) is 5.11. The van der Waals surface area contributed by atoms with E-state index >= 15 is 0 Å². The SMILES string of the molecule is Cn1nc(-c2ccccc2)cc1C(=O)NCc1cc(-c2ccc(F)cc2)ncn1. The van der Waals surface area contributed by atoms with Crippen LogP contribution in [0.25, 0.3) is 22.5 Å². The fourth-order valence-electron chi connectivity index (χ4n) is 2.96. The van der Waals surface area contributed by atoms with Crippen LogP contribution in [0.4, 0.5) is 4.39 Å². The smallest absolute Gasteiger partial charge is 0.269 e. The van der Waals surface area contributed by atoms with Gasteiger partial charge in [-0.3, -0.25) is 9.48 Å². The number of benzene rings is 2. The third-order valence-corrected chi connectivity index (χ3v) is 4.48. The average molecular weight is 387 g/mol. The second-order valence-electron chi connectivity index (χ2n) is 6.49. The predicted octanol–water partition coefficient (Wildman–Crippen LogP) is 3.61. The molecule has 0 fully saturated rings. The van der Waals surface area contributed by atoms with Crippen molar-refractivity contribution in [3.63, 3.8) is 0 Å². The summed E-state index contributed by atoms with van der Waals surface area (Å²) in [7, 11) is 1.73. The second-order valence-corrected chi connectivity index (χ2v) is 6.49. The molecule has 0 saturated carbocycles. The van der Waals surface area contributed by atoms with Gasteiger partial charge in [0.05, 0.1) is 23.6 Å². The Bertz CT molecular complexity index is 1140. The molecule has 7 heteroatoms. The zero-order valence-electron chi connectivity index (χ0n) is 15.7. The zero-order valence-corrected chi connectivity index (χ0v) is 15.7. The molecule has 1 amide bonds. The van der Waals surface area contributed by atoms with Crippen LogP contribution in [0.3, 0.4) is 0 Å². The number of carbonyl (C=O) groups is 1. The van der Waals surface area contributed by atoms with Crippen molar-refractivity contribution < 1.29 is 9.18 Å². The number of hydrogen-bond donors (Lipinski definition) is 1. The average Bonchev–Trinajstić information content (AvgIpc) is 3.15. The van der Waals surface area contributed by atoms with Gasteiger partial charge in [0, 0.05) is 18.2 Å². The largest absolute Gasteiger partial charge is 0.345 e. The van der Waals surface area contributed by atoms with Crippen molar-refractivity contribution in [1.29, 1.82) is 0 Å². The molecule has 0 aliphatic carbocycles. The molecule has 4 aromatic rings. The molecule has 2 aromatic carbocycles. The molecule has 0 unspecified atom stereocenters. The maximum absolute atomic E-state index is 13.1. The molecule has 0 spiro atoms. The standard InChI is InChI=1S/C22H18FN5O/c1-28-21(12-20(27-28)15-5-3-2-4-6-15)22(29)24-13-18-11-19(26-14-25-18)16-7-9-17(23)10-8-16/h2-12,14H,13H2,1H3,(H,24,29). The van der Waals surface area contributed by atoms with Crippen LogP contribution in [0.15, 0.2) is 73.1 Å². The molecule has 4 rings (SSSR count). The summed E-state index contributed by atoms with van der Waals surface area (Å²) in [5, 5.41) is 7.28. The normalized spacial score (nSPS) is 10.7. The van der Waals surface area contributed by atoms with E-state index in [9.17, 15) is 9.18 Å². The first-order valence-electron chi connectivity index (χ1n) is 9.05. The van der Waals surface area contributed by atoms with Gasteiger partial charge in [0.2, 0.25) is 0 Å². The van der Waals surface area contributed by atoms with Gasteiger partial charge in [0.1, 0.15) is 17.8 Å². The molecule has 0 bridgehead atoms. The van der Waals surface area contributed by atoms with Gasteiger partial charge < -0.3 is 5.32 Å². The molecule has 0 saturated heterocycles. The van der Waals surface area contributed by atoms with Crippen LogP contribution in [0.1, 0.15) is 16.2 Å². The minimum Gasteiger partial charge on any atom is -0.345 e. The van der Waals surface area contributed by atoms with E-state index < -0.39 is 0 Å². The van der Waals surface area contributed by atoms with Crippen LogP contribution in [0, 0.1) is 5.82 Å². The molecule has 2 aromatic heterocycles. The number of amides is 1. The molecule has 29 heavy (non-hydrogen) atoms. The number of aryl methyl sites for hydroxylation is 1. The van der Waals surface area contributed by atoms with Crippen LogP contribution in [0.5, 0.6) is 0 Å². The van der Waals surface area contributed by atoms with Crippen LogP contribution >= 0.6 is 0 Å². The Morgan fingerprint density at radius 2 is 1.69 bits per heavy atom. The molecular formula is C22H18FN5O. The monoisotopic (exact) mass is 387 g/mol. The molecule has 0 radical (unpaired) electrons. The molecule has 0 atom stereocenters. The lowest BCUT2D eigenvalue weighted by Crippen LogP contribution is -2.25. The Hall–Kier alpha value is -3.87. The predicted molar refractivity (Wildman–Crippen MR) is 107 cm³/mol. The maximum Gasteiger partial charge on any atom is 0.269 e. The van der Waals surface area contributed by atoms with Crippen LogP contribution in [-0.2, 0) is 13.6 Å². The number of halogens is 1. The first-order chi connectivity index (χ1) is 14.1. The van der Waals surface area contributed by atoms with Crippen molar-refractivity contribution in [3.05, 3.63) is 90.3 Å². The molecule has 2 heterocycles. The van der Waals surface area contributed by atoms with Crippen LogP contribution < -0.4 is 5.32 Å². The summed E-state index contributed by atoms with van der Waals surface area (Å²) < 4.78 is 14.7. The van der Waals surface area contributed by atoms with Crippen molar-refractivity contribution in [3.8, 4) is 22.5 Å². The van der Waals surface area contributed by atoms with Gasteiger partial charge in [-0.1, -0.05) is 30.3 Å². The molecule has 0 aliphatic heterocycles. The quantitative estimate of drug-likeness (QED) is 0.568. The topological polar surface area (TPSA) is 72.7 Å². The minimum atomic E-state index is -0.304. The molecule has 6 nitrogen and oxygen atoms in total. The maximum atomic E-state index is 13.1. The Morgan fingerprint density at radius 1 is 0.966 bits per heavy atom. The number of carbonyl (C=O) groups excluding carboxylic acids is 1. The number of hydrogen-bond acceptors (Lipinski definition) is 4. The highest BCUT2D eigenvalue weighted by molar-refractivity contribution is 5.93. The van der Waals surface area contributed by atoms with Gasteiger partial charge in [-0.2, -0.15) is 5.10 Å². The number of rotatable bonds is 5. The van der Waals surface area contributed by atoms with Crippen molar-refractivity contribution in [2.24, 2.45) is 7.05 Å². The highest BCUT2D eigenvalue weighted by atomic mass is 19.1. The summed E-state index contributed by atoms with van der Waals surface area (Å²) in [5.41, 5.74) is 4.23. The number of nitrogens with one attached hydrogen (secondary N) is 1. The van der Waals surface area contributed by atoms with Gasteiger partial charge in [0.15, 0.2) is 0 Å². The van der Waals surface area contributed by atoms with Gasteiger partial charge in [-0.25, -0.2) is 14.4 Å². The molecular weight excluding hydrogens is 369 g/mol. The molecule has 144 valence electrons. The first kappa shape index (κ1) is 18.5. The zero-order chi connectivity index (χ0) is 20.2. The van der Waals surface area contributed by atoms with E-state index in [-0.39, 0.29) is 18.3 Å². The van der Waals surface area contributed by atoms with Crippen molar-refractivity contribution >= 4 is 5.91 Å². The summed E-state index contributed by atoms with van der Waals surface area (Å²) in [6.45, 7) is 0.237. The van der Waals surface area contributed by atoms with E-state index in [1.54, 1.807) is 36.0 Å². The summed E-state index contributed by atoms with van der Waals surface area (Å²) in [4.78, 5) is 21.0. The van der Waals surface area contributed by atoms with E-state index in [2.05, 4.69) is 20.4 Å². The highest BCUT2D eigenvalue weighted by Crippen LogP contribution is 2.19. The lowest BCUT2D eigenvalue weighted by atomic mass is 10.1. The van der Waals surface area contributed by atoms with Gasteiger partial charge in [-0.15, -0.1) is 0 Å². The summed E-state index contributed by atoms with van der Waals surface area (Å²) >= 11 is 0. The highest BCUT2D eigenvalue weighted by Gasteiger charge is 2.14. The van der Waals surface area contributed by atoms with E-state index in [0.29, 0.717) is 17.1 Å². The molecule has 1 N–H and O–H groups in total. The van der Waals surface area contributed by atoms with Crippen molar-refractivity contribution in [2.75, 3.05) is 0 Å². The lowest BCUT2D eigenvalue weighted by molar-refractivity contribution is 0.0941. The Balaban J connectivity index is 1.47. The van der Waals surface area contributed by atoms with E-state index in [1.807, 2.05) is 30.3 Å². The lowest BCUT2D eigenvalue weighted by Gasteiger charge is -2.06. The first-order valence-corrected chi connectivity index (χ1v) is 9.05. The third kappa shape index (κ3) is 4.19. The Labute approximate surface area is 167 Å². The van der Waals surface area contributed by atoms with Crippen molar-refractivity contribution in [1.82, 2.24) is 25.1 Å². The summed E-state index contributed by atoms with van der Waals surface area (Å²) in [6.07, 6.45) is 1.43. The summed E-state index contributed by atoms with van der Waals surface area (Å²) in [6, 6.07) is 19.3. The Morgan fingerprint density at radius 3 is 2.45 bits per heavy atom. The van der Waals surface area contributed by atoms with E-state index in [1.165, 1.54) is 18.5 Å². The number of aromatic nitrogens is 4. The third-order valence-electron chi connectivity index (χ3n) is 4.48. The van der Waals surface area contributed by atoms with Gasteiger partial charge in [-0.05, 0) is 36.4 Å². The van der Waals surface area contributed by atoms with Crippen LogP contribution in [0.2, 0.25) is 0 Å². The minimum absolute atomic E-state index is 0.237. The fraction of sp³-hybridized carbons (Fsp3) is 0.0909. The van der Waals surface area contributed by atoms with Crippen molar-refractivity contribution in [2.45, 2.75) is 6.54 Å². The van der Waals surface area contributed by atoms with Gasteiger partial charge in [0.25, 0.3) is 5.91 Å². The van der Waals surface area contributed by atoms with E-state index in [0.717, 1.165) is 16.8 Å². The second kappa shape index (κ2) is 8.02. The number of nitrogens with zero attached hydrogens (tertiary/aromatic N) is 4. The van der Waals surface area contributed by atoms with Gasteiger partial charge >= 0.3 is 0 Å². The fourth-order valence-corrected chi connectivity index (χ4v) is 2.96. The summed E-state index contributed by atoms with van der Waals surface area (Å²) in [5.74, 6) is -0.550. The van der Waals surface area contributed by atoms with E-state index in [4.69, 9.17) is 0 Å². The van der Waals surface area contributed by atoms with Crippen LogP contribution in [-0.4, -0.2) is 25.7 Å².